The van der Waals surface area contributed by atoms with Crippen molar-refractivity contribution < 1.29 is 13.9 Å². The van der Waals surface area contributed by atoms with Crippen LogP contribution in [-0.2, 0) is 0 Å². The van der Waals surface area contributed by atoms with Crippen molar-refractivity contribution in [2.45, 2.75) is 19.9 Å². The lowest BCUT2D eigenvalue weighted by molar-refractivity contribution is 0.0943. The molecule has 0 aliphatic carbocycles. The van der Waals surface area contributed by atoms with Crippen LogP contribution >= 0.6 is 11.3 Å². The summed E-state index contributed by atoms with van der Waals surface area (Å²) in [6, 6.07) is 4.30. The third-order valence-corrected chi connectivity index (χ3v) is 3.68. The lowest BCUT2D eigenvalue weighted by atomic mass is 10.1. The van der Waals surface area contributed by atoms with E-state index >= 15 is 0 Å². The number of nitrogens with two attached hydrogens (primary N) is 1. The smallest absolute Gasteiger partial charge is 0.263 e. The highest BCUT2D eigenvalue weighted by molar-refractivity contribution is 7.17. The molecule has 21 heavy (non-hydrogen) atoms. The zero-order chi connectivity index (χ0) is 15.4. The second-order valence-corrected chi connectivity index (χ2v) is 5.44. The molecule has 1 atom stereocenters. The molecule has 0 fully saturated rings. The van der Waals surface area contributed by atoms with Gasteiger partial charge in [0.2, 0.25) is 0 Å². The molecule has 3 N–H and O–H groups in total. The van der Waals surface area contributed by atoms with Gasteiger partial charge in [0.25, 0.3) is 5.91 Å². The Labute approximate surface area is 126 Å². The van der Waals surface area contributed by atoms with Gasteiger partial charge in [0.15, 0.2) is 16.7 Å². The molecule has 5 nitrogen and oxygen atoms in total. The third-order valence-electron chi connectivity index (χ3n) is 2.85. The maximum absolute atomic E-state index is 13.8. The van der Waals surface area contributed by atoms with E-state index in [9.17, 15) is 9.18 Å². The quantitative estimate of drug-likeness (QED) is 0.890. The third kappa shape index (κ3) is 3.69. The fraction of sp³-hybridized carbons (Fsp3) is 0.286. The number of nitrogens with zero attached hydrogens (tertiary/aromatic N) is 1. The summed E-state index contributed by atoms with van der Waals surface area (Å²) in [5.74, 6) is -0.529. The summed E-state index contributed by atoms with van der Waals surface area (Å²) in [5.41, 5.74) is 6.14. The SMILES string of the molecule is CCOc1ccc([C@H](C)NC(=O)c2cnc(N)s2)cc1F. The van der Waals surface area contributed by atoms with E-state index in [1.165, 1.54) is 12.3 Å². The molecule has 0 aliphatic rings. The van der Waals surface area contributed by atoms with Crippen LogP contribution in [0.2, 0.25) is 0 Å². The van der Waals surface area contributed by atoms with E-state index in [0.717, 1.165) is 11.3 Å². The number of hydrogen-bond donors (Lipinski definition) is 2. The molecule has 2 rings (SSSR count). The van der Waals surface area contributed by atoms with Crippen molar-refractivity contribution in [1.29, 1.82) is 0 Å². The summed E-state index contributed by atoms with van der Waals surface area (Å²) in [7, 11) is 0. The van der Waals surface area contributed by atoms with E-state index in [1.807, 2.05) is 0 Å². The molecule has 0 unspecified atom stereocenters. The van der Waals surface area contributed by atoms with E-state index in [4.69, 9.17) is 10.5 Å². The second kappa shape index (κ2) is 6.53. The van der Waals surface area contributed by atoms with Gasteiger partial charge in [-0.1, -0.05) is 17.4 Å². The Balaban J connectivity index is 2.08. The molecule has 0 saturated heterocycles. The van der Waals surface area contributed by atoms with Crippen molar-refractivity contribution in [3.05, 3.63) is 40.7 Å². The molecule has 0 spiro atoms. The first-order valence-electron chi connectivity index (χ1n) is 6.45. The van der Waals surface area contributed by atoms with Crippen LogP contribution in [0.3, 0.4) is 0 Å². The molecule has 0 aliphatic heterocycles. The van der Waals surface area contributed by atoms with Crippen molar-refractivity contribution in [2.75, 3.05) is 12.3 Å². The minimum Gasteiger partial charge on any atom is -0.491 e. The van der Waals surface area contributed by atoms with Gasteiger partial charge in [0.1, 0.15) is 4.88 Å². The highest BCUT2D eigenvalue weighted by atomic mass is 32.1. The first-order valence-corrected chi connectivity index (χ1v) is 7.27. The molecule has 0 saturated carbocycles. The largest absolute Gasteiger partial charge is 0.491 e. The van der Waals surface area contributed by atoms with E-state index in [0.29, 0.717) is 22.2 Å². The first kappa shape index (κ1) is 15.2. The Morgan fingerprint density at radius 3 is 2.90 bits per heavy atom. The summed E-state index contributed by atoms with van der Waals surface area (Å²) < 4.78 is 18.9. The van der Waals surface area contributed by atoms with E-state index in [1.54, 1.807) is 26.0 Å². The van der Waals surface area contributed by atoms with Crippen LogP contribution in [0.1, 0.15) is 35.1 Å². The van der Waals surface area contributed by atoms with Gasteiger partial charge in [0.05, 0.1) is 18.8 Å². The van der Waals surface area contributed by atoms with Gasteiger partial charge in [0, 0.05) is 0 Å². The summed E-state index contributed by atoms with van der Waals surface area (Å²) in [4.78, 5) is 16.2. The number of carbonyl (C=O) groups excluding carboxylic acids is 1. The lowest BCUT2D eigenvalue weighted by Gasteiger charge is -2.14. The Morgan fingerprint density at radius 2 is 2.33 bits per heavy atom. The van der Waals surface area contributed by atoms with Gasteiger partial charge < -0.3 is 15.8 Å². The summed E-state index contributed by atoms with van der Waals surface area (Å²) >= 11 is 1.11. The van der Waals surface area contributed by atoms with Crippen LogP contribution in [0, 0.1) is 5.82 Å². The fourth-order valence-corrected chi connectivity index (χ4v) is 2.39. The topological polar surface area (TPSA) is 77.2 Å². The number of nitrogen functional groups attached to an aromatic ring is 1. The van der Waals surface area contributed by atoms with Crippen LogP contribution in [0.15, 0.2) is 24.4 Å². The number of nitrogens with one attached hydrogen (secondary N) is 1. The van der Waals surface area contributed by atoms with Crippen LogP contribution < -0.4 is 15.8 Å². The first-order chi connectivity index (χ1) is 10.0. The normalized spacial score (nSPS) is 12.0. The van der Waals surface area contributed by atoms with Crippen LogP contribution in [-0.4, -0.2) is 17.5 Å². The molecular weight excluding hydrogens is 293 g/mol. The molecular formula is C14H16FN3O2S. The predicted octanol–water partition coefficient (Wildman–Crippen LogP) is 2.75. The van der Waals surface area contributed by atoms with E-state index in [-0.39, 0.29) is 17.7 Å². The number of aromatic nitrogens is 1. The zero-order valence-corrected chi connectivity index (χ0v) is 12.5. The maximum atomic E-state index is 13.8. The minimum absolute atomic E-state index is 0.204. The van der Waals surface area contributed by atoms with Crippen molar-refractivity contribution in [2.24, 2.45) is 0 Å². The van der Waals surface area contributed by atoms with Gasteiger partial charge in [-0.05, 0) is 31.5 Å². The van der Waals surface area contributed by atoms with Crippen molar-refractivity contribution >= 4 is 22.4 Å². The number of thiazole rings is 1. The number of hydrogen-bond acceptors (Lipinski definition) is 5. The van der Waals surface area contributed by atoms with Crippen LogP contribution in [0.4, 0.5) is 9.52 Å². The van der Waals surface area contributed by atoms with Crippen LogP contribution in [0.5, 0.6) is 5.75 Å². The molecule has 1 aromatic carbocycles. The van der Waals surface area contributed by atoms with Gasteiger partial charge in [-0.25, -0.2) is 9.37 Å². The molecule has 1 heterocycles. The highest BCUT2D eigenvalue weighted by Gasteiger charge is 2.15. The molecule has 1 amide bonds. The average Bonchev–Trinajstić information content (AvgIpc) is 2.88. The van der Waals surface area contributed by atoms with Crippen molar-refractivity contribution in [3.63, 3.8) is 0 Å². The Kier molecular flexibility index (Phi) is 4.74. The van der Waals surface area contributed by atoms with E-state index in [2.05, 4.69) is 10.3 Å². The van der Waals surface area contributed by atoms with Gasteiger partial charge in [-0.15, -0.1) is 0 Å². The van der Waals surface area contributed by atoms with Crippen molar-refractivity contribution in [1.82, 2.24) is 10.3 Å². The number of benzene rings is 1. The Bertz CT molecular complexity index is 645. The van der Waals surface area contributed by atoms with Crippen molar-refractivity contribution in [3.8, 4) is 5.75 Å². The highest BCUT2D eigenvalue weighted by Crippen LogP contribution is 2.23. The number of amides is 1. The molecule has 2 aromatic rings. The molecule has 0 bridgehead atoms. The number of carbonyl (C=O) groups is 1. The standard InChI is InChI=1S/C14H16FN3O2S/c1-3-20-11-5-4-9(6-10(11)15)8(2)18-13(19)12-7-17-14(16)21-12/h4-8H,3H2,1-2H3,(H2,16,17)(H,18,19)/t8-/m0/s1. The van der Waals surface area contributed by atoms with Gasteiger partial charge >= 0.3 is 0 Å². The summed E-state index contributed by atoms with van der Waals surface area (Å²) in [6.45, 7) is 3.96. The molecule has 0 radical (unpaired) electrons. The van der Waals surface area contributed by atoms with Gasteiger partial charge in [-0.2, -0.15) is 0 Å². The Morgan fingerprint density at radius 1 is 1.57 bits per heavy atom. The van der Waals surface area contributed by atoms with Crippen LogP contribution in [0.25, 0.3) is 0 Å². The molecule has 112 valence electrons. The fourth-order valence-electron chi connectivity index (χ4n) is 1.80. The zero-order valence-electron chi connectivity index (χ0n) is 11.7. The summed E-state index contributed by atoms with van der Waals surface area (Å²) in [6.07, 6.45) is 1.42. The maximum Gasteiger partial charge on any atom is 0.263 e. The van der Waals surface area contributed by atoms with Gasteiger partial charge in [-0.3, -0.25) is 4.79 Å². The number of halogens is 1. The lowest BCUT2D eigenvalue weighted by Crippen LogP contribution is -2.26. The molecule has 1 aromatic heterocycles. The Hall–Kier alpha value is -2.15. The number of rotatable bonds is 5. The number of ether oxygens (including phenoxy) is 1. The number of anilines is 1. The minimum atomic E-state index is -0.447. The average molecular weight is 309 g/mol. The molecule has 7 heteroatoms. The monoisotopic (exact) mass is 309 g/mol. The second-order valence-electron chi connectivity index (χ2n) is 4.38. The van der Waals surface area contributed by atoms with E-state index < -0.39 is 5.82 Å². The predicted molar refractivity (Wildman–Crippen MR) is 80.0 cm³/mol. The summed E-state index contributed by atoms with van der Waals surface area (Å²) in [5, 5.41) is 3.11.